The molecular formula is C23H36O2. The van der Waals surface area contributed by atoms with Gasteiger partial charge < -0.3 is 10.2 Å². The number of phenols is 2. The van der Waals surface area contributed by atoms with E-state index in [1.165, 1.54) is 63.9 Å². The van der Waals surface area contributed by atoms with Crippen LogP contribution in [0.2, 0.25) is 0 Å². The lowest BCUT2D eigenvalue weighted by Gasteiger charge is -2.14. The Morgan fingerprint density at radius 3 is 1.92 bits per heavy atom. The summed E-state index contributed by atoms with van der Waals surface area (Å²) in [6, 6.07) is 3.38. The lowest BCUT2D eigenvalue weighted by Crippen LogP contribution is -1.99. The Morgan fingerprint density at radius 1 is 0.760 bits per heavy atom. The summed E-state index contributed by atoms with van der Waals surface area (Å²) in [7, 11) is 0. The van der Waals surface area contributed by atoms with Gasteiger partial charge in [-0.1, -0.05) is 33.1 Å². The molecule has 2 N–H and O–H groups in total. The van der Waals surface area contributed by atoms with Crippen LogP contribution in [0.25, 0.3) is 0 Å². The number of phenolic OH excluding ortho intramolecular Hbond substituents is 2. The predicted molar refractivity (Wildman–Crippen MR) is 104 cm³/mol. The van der Waals surface area contributed by atoms with E-state index >= 15 is 0 Å². The van der Waals surface area contributed by atoms with Crippen LogP contribution in [0.5, 0.6) is 11.5 Å². The van der Waals surface area contributed by atoms with E-state index in [1.54, 1.807) is 0 Å². The van der Waals surface area contributed by atoms with Crippen LogP contribution >= 0.6 is 0 Å². The van der Waals surface area contributed by atoms with Gasteiger partial charge in [0.25, 0.3) is 0 Å². The second kappa shape index (κ2) is 7.60. The summed E-state index contributed by atoms with van der Waals surface area (Å²) in [5.41, 5.74) is 3.52. The van der Waals surface area contributed by atoms with E-state index in [0.29, 0.717) is 16.6 Å². The van der Waals surface area contributed by atoms with Gasteiger partial charge in [-0.15, -0.1) is 0 Å². The molecule has 0 saturated heterocycles. The fourth-order valence-electron chi connectivity index (χ4n) is 4.04. The van der Waals surface area contributed by atoms with Crippen molar-refractivity contribution in [3.05, 3.63) is 23.3 Å². The molecule has 2 aliphatic rings. The quantitative estimate of drug-likeness (QED) is 0.449. The molecule has 2 heteroatoms. The molecule has 0 aromatic heterocycles. The van der Waals surface area contributed by atoms with Crippen molar-refractivity contribution in [3.63, 3.8) is 0 Å². The minimum Gasteiger partial charge on any atom is -0.508 e. The van der Waals surface area contributed by atoms with E-state index in [4.69, 9.17) is 0 Å². The van der Waals surface area contributed by atoms with Gasteiger partial charge >= 0.3 is 0 Å². The highest BCUT2D eigenvalue weighted by Crippen LogP contribution is 2.49. The Labute approximate surface area is 153 Å². The molecule has 25 heavy (non-hydrogen) atoms. The zero-order valence-electron chi connectivity index (χ0n) is 16.2. The molecule has 0 spiro atoms. The Kier molecular flexibility index (Phi) is 5.65. The number of hydrogen-bond acceptors (Lipinski definition) is 2. The van der Waals surface area contributed by atoms with E-state index < -0.39 is 0 Å². The molecule has 2 nitrogen and oxygen atoms in total. The first-order valence-corrected chi connectivity index (χ1v) is 10.4. The molecule has 0 atom stereocenters. The van der Waals surface area contributed by atoms with Crippen molar-refractivity contribution in [3.8, 4) is 11.5 Å². The van der Waals surface area contributed by atoms with Crippen molar-refractivity contribution < 1.29 is 10.2 Å². The normalized spacial score (nSPS) is 19.8. The second-order valence-corrected chi connectivity index (χ2v) is 9.49. The standard InChI is InChI=1S/C23H36O2/c1-22(12-13-22)10-6-3-4-9-20-18(16-19(24)17-21(20)25)8-5-7-11-23(2)14-15-23/h16-17,24-25H,3-15H2,1-2H3. The number of aromatic hydroxyl groups is 2. The number of hydrogen-bond donors (Lipinski definition) is 2. The molecule has 0 amide bonds. The van der Waals surface area contributed by atoms with Gasteiger partial charge in [0.15, 0.2) is 0 Å². The molecule has 140 valence electrons. The smallest absolute Gasteiger partial charge is 0.122 e. The average Bonchev–Trinajstić information content (AvgIpc) is 3.46. The van der Waals surface area contributed by atoms with Crippen molar-refractivity contribution >= 4 is 0 Å². The van der Waals surface area contributed by atoms with Crippen LogP contribution in [0.3, 0.4) is 0 Å². The molecule has 2 fully saturated rings. The number of benzene rings is 1. The minimum absolute atomic E-state index is 0.201. The Bertz CT molecular complexity index is 582. The van der Waals surface area contributed by atoms with Gasteiger partial charge in [-0.25, -0.2) is 0 Å². The Hall–Kier alpha value is -1.18. The van der Waals surface area contributed by atoms with Gasteiger partial charge in [0.05, 0.1) is 0 Å². The molecule has 0 unspecified atom stereocenters. The molecule has 1 aromatic carbocycles. The summed E-state index contributed by atoms with van der Waals surface area (Å²) >= 11 is 0. The lowest BCUT2D eigenvalue weighted by atomic mass is 9.93. The van der Waals surface area contributed by atoms with Crippen LogP contribution in [0.4, 0.5) is 0 Å². The highest BCUT2D eigenvalue weighted by Gasteiger charge is 2.36. The molecule has 0 aliphatic heterocycles. The van der Waals surface area contributed by atoms with E-state index in [9.17, 15) is 10.2 Å². The van der Waals surface area contributed by atoms with Crippen LogP contribution < -0.4 is 0 Å². The second-order valence-electron chi connectivity index (χ2n) is 9.49. The molecule has 3 rings (SSSR count). The highest BCUT2D eigenvalue weighted by atomic mass is 16.3. The van der Waals surface area contributed by atoms with Gasteiger partial charge in [-0.3, -0.25) is 0 Å². The highest BCUT2D eigenvalue weighted by molar-refractivity contribution is 5.45. The van der Waals surface area contributed by atoms with Crippen molar-refractivity contribution in [1.29, 1.82) is 0 Å². The SMILES string of the molecule is CC1(CCCCCc2c(O)cc(O)cc2CCCCC2(C)CC2)CC1. The van der Waals surface area contributed by atoms with E-state index in [-0.39, 0.29) is 5.75 Å². The minimum atomic E-state index is 0.201. The van der Waals surface area contributed by atoms with Crippen molar-refractivity contribution in [2.24, 2.45) is 10.8 Å². The zero-order valence-corrected chi connectivity index (χ0v) is 16.2. The number of rotatable bonds is 11. The van der Waals surface area contributed by atoms with Crippen molar-refractivity contribution in [1.82, 2.24) is 0 Å². The van der Waals surface area contributed by atoms with Crippen LogP contribution in [0.1, 0.15) is 95.6 Å². The molecule has 2 aliphatic carbocycles. The van der Waals surface area contributed by atoms with Crippen LogP contribution in [0.15, 0.2) is 12.1 Å². The van der Waals surface area contributed by atoms with Crippen LogP contribution in [0, 0.1) is 10.8 Å². The van der Waals surface area contributed by atoms with Gasteiger partial charge in [0, 0.05) is 6.07 Å². The first-order valence-electron chi connectivity index (χ1n) is 10.4. The summed E-state index contributed by atoms with van der Waals surface area (Å²) in [6.07, 6.45) is 16.3. The third kappa shape index (κ3) is 5.66. The predicted octanol–water partition coefficient (Wildman–Crippen LogP) is 6.51. The molecule has 1 aromatic rings. The molecule has 0 heterocycles. The fraction of sp³-hybridized carbons (Fsp3) is 0.739. The van der Waals surface area contributed by atoms with Gasteiger partial charge in [-0.05, 0) is 92.2 Å². The topological polar surface area (TPSA) is 40.5 Å². The van der Waals surface area contributed by atoms with Gasteiger partial charge in [0.2, 0.25) is 0 Å². The fourth-order valence-corrected chi connectivity index (χ4v) is 4.04. The lowest BCUT2D eigenvalue weighted by molar-refractivity contribution is 0.439. The third-order valence-electron chi connectivity index (χ3n) is 6.69. The van der Waals surface area contributed by atoms with E-state index in [0.717, 1.165) is 36.8 Å². The molecule has 2 saturated carbocycles. The maximum absolute atomic E-state index is 10.3. The van der Waals surface area contributed by atoms with Gasteiger partial charge in [-0.2, -0.15) is 0 Å². The Balaban J connectivity index is 1.46. The summed E-state index contributed by atoms with van der Waals surface area (Å²) in [5.74, 6) is 0.491. The monoisotopic (exact) mass is 344 g/mol. The third-order valence-corrected chi connectivity index (χ3v) is 6.69. The number of unbranched alkanes of at least 4 members (excludes halogenated alkanes) is 3. The van der Waals surface area contributed by atoms with Crippen LogP contribution in [-0.4, -0.2) is 10.2 Å². The van der Waals surface area contributed by atoms with E-state index in [2.05, 4.69) is 13.8 Å². The zero-order chi connectivity index (χ0) is 17.9. The molecule has 0 bridgehead atoms. The largest absolute Gasteiger partial charge is 0.508 e. The first-order chi connectivity index (χ1) is 11.9. The van der Waals surface area contributed by atoms with Crippen molar-refractivity contribution in [2.45, 2.75) is 97.3 Å². The maximum atomic E-state index is 10.3. The van der Waals surface area contributed by atoms with Crippen molar-refractivity contribution in [2.75, 3.05) is 0 Å². The summed E-state index contributed by atoms with van der Waals surface area (Å²) < 4.78 is 0. The maximum Gasteiger partial charge on any atom is 0.122 e. The number of aryl methyl sites for hydroxylation is 1. The van der Waals surface area contributed by atoms with E-state index in [1.807, 2.05) is 6.07 Å². The Morgan fingerprint density at radius 2 is 1.32 bits per heavy atom. The average molecular weight is 345 g/mol. The van der Waals surface area contributed by atoms with Gasteiger partial charge in [0.1, 0.15) is 11.5 Å². The summed E-state index contributed by atoms with van der Waals surface area (Å²) in [6.45, 7) is 4.79. The molecular weight excluding hydrogens is 308 g/mol. The molecule has 0 radical (unpaired) electrons. The van der Waals surface area contributed by atoms with Crippen LogP contribution in [-0.2, 0) is 12.8 Å². The first kappa shape index (κ1) is 18.6. The summed E-state index contributed by atoms with van der Waals surface area (Å²) in [5, 5.41) is 20.2. The summed E-state index contributed by atoms with van der Waals surface area (Å²) in [4.78, 5) is 0.